The molecule has 0 saturated carbocycles. The molecule has 0 saturated heterocycles. The van der Waals surface area contributed by atoms with Crippen molar-refractivity contribution in [1.29, 1.82) is 0 Å². The molecule has 0 atom stereocenters. The molecule has 0 amide bonds. The summed E-state index contributed by atoms with van der Waals surface area (Å²) in [5.41, 5.74) is 2.71. The third-order valence-corrected chi connectivity index (χ3v) is 4.07. The van der Waals surface area contributed by atoms with Crippen LogP contribution in [0.3, 0.4) is 0 Å². The molecule has 0 aliphatic rings. The summed E-state index contributed by atoms with van der Waals surface area (Å²) in [5.74, 6) is 0. The van der Waals surface area contributed by atoms with Gasteiger partial charge in [0.1, 0.15) is 0 Å². The fraction of sp³-hybridized carbons (Fsp3) is 0.222. The molecule has 126 valence electrons. The number of aromatic nitrogens is 2. The Morgan fingerprint density at radius 2 is 1.83 bits per heavy atom. The van der Waals surface area contributed by atoms with Gasteiger partial charge in [-0.05, 0) is 42.3 Å². The van der Waals surface area contributed by atoms with Crippen LogP contribution in [0.15, 0.2) is 41.2 Å². The molecule has 2 N–H and O–H groups in total. The van der Waals surface area contributed by atoms with Crippen molar-refractivity contribution in [2.24, 2.45) is 0 Å². The van der Waals surface area contributed by atoms with E-state index in [-0.39, 0.29) is 10.7 Å². The Bertz CT molecular complexity index is 906. The first-order chi connectivity index (χ1) is 11.5. The van der Waals surface area contributed by atoms with Crippen molar-refractivity contribution in [3.8, 4) is 0 Å². The predicted molar refractivity (Wildman–Crippen MR) is 102 cm³/mol. The molecule has 0 radical (unpaired) electrons. The van der Waals surface area contributed by atoms with Crippen LogP contribution in [-0.2, 0) is 6.54 Å². The molecule has 0 spiro atoms. The highest BCUT2D eigenvalue weighted by molar-refractivity contribution is 6.34. The second-order valence-corrected chi connectivity index (χ2v) is 5.82. The first-order valence-corrected chi connectivity index (χ1v) is 8.47. The maximum Gasteiger partial charge on any atom is 0.272 e. The average Bonchev–Trinajstić information content (AvgIpc) is 2.59. The van der Waals surface area contributed by atoms with E-state index in [9.17, 15) is 4.79 Å². The van der Waals surface area contributed by atoms with Gasteiger partial charge in [-0.1, -0.05) is 49.2 Å². The van der Waals surface area contributed by atoms with Gasteiger partial charge in [0.2, 0.25) is 0 Å². The smallest absolute Gasteiger partial charge is 0.272 e. The van der Waals surface area contributed by atoms with Gasteiger partial charge in [0.05, 0.1) is 5.39 Å². The number of nitrogens with one attached hydrogen (secondary N) is 2. The highest BCUT2D eigenvalue weighted by Gasteiger charge is 2.06. The molecule has 2 aromatic carbocycles. The van der Waals surface area contributed by atoms with Gasteiger partial charge in [-0.3, -0.25) is 4.79 Å². The number of benzene rings is 2. The summed E-state index contributed by atoms with van der Waals surface area (Å²) >= 11 is 12.3. The van der Waals surface area contributed by atoms with E-state index in [0.29, 0.717) is 17.3 Å². The zero-order valence-corrected chi connectivity index (χ0v) is 15.3. The molecule has 4 nitrogen and oxygen atoms in total. The molecule has 1 aromatic heterocycles. The lowest BCUT2D eigenvalue weighted by molar-refractivity contribution is 1.01. The molecular weight excluding hydrogens is 345 g/mol. The molecule has 0 fully saturated rings. The summed E-state index contributed by atoms with van der Waals surface area (Å²) in [4.78, 5) is 11.7. The molecule has 6 heteroatoms. The van der Waals surface area contributed by atoms with Crippen LogP contribution >= 0.6 is 23.2 Å². The number of hydrogen-bond donors (Lipinski definition) is 2. The van der Waals surface area contributed by atoms with Crippen molar-refractivity contribution in [2.45, 2.75) is 27.3 Å². The maximum atomic E-state index is 11.7. The maximum absolute atomic E-state index is 11.7. The average molecular weight is 364 g/mol. The summed E-state index contributed by atoms with van der Waals surface area (Å²) in [6, 6.07) is 11.3. The van der Waals surface area contributed by atoms with E-state index in [1.165, 1.54) is 0 Å². The Hall–Kier alpha value is -2.04. The number of hydrogen-bond acceptors (Lipinski definition) is 3. The summed E-state index contributed by atoms with van der Waals surface area (Å²) in [6.07, 6.45) is 0. The summed E-state index contributed by atoms with van der Waals surface area (Å²) in [5, 5.41) is 11.5. The second kappa shape index (κ2) is 8.18. The lowest BCUT2D eigenvalue weighted by Crippen LogP contribution is -2.08. The highest BCUT2D eigenvalue weighted by Crippen LogP contribution is 2.23. The Kier molecular flexibility index (Phi) is 6.23. The molecule has 24 heavy (non-hydrogen) atoms. The Morgan fingerprint density at radius 3 is 2.54 bits per heavy atom. The number of fused-ring (bicyclic) bond motifs is 1. The molecule has 0 aliphatic heterocycles. The van der Waals surface area contributed by atoms with Crippen LogP contribution in [0.2, 0.25) is 10.2 Å². The van der Waals surface area contributed by atoms with E-state index in [1.807, 2.05) is 51.1 Å². The molecule has 0 bridgehead atoms. The summed E-state index contributed by atoms with van der Waals surface area (Å²) < 4.78 is 0. The fourth-order valence-electron chi connectivity index (χ4n) is 2.24. The predicted octanol–water partition coefficient (Wildman–Crippen LogP) is 5.18. The van der Waals surface area contributed by atoms with Gasteiger partial charge in [0.25, 0.3) is 5.56 Å². The van der Waals surface area contributed by atoms with Crippen LogP contribution < -0.4 is 10.9 Å². The van der Waals surface area contributed by atoms with Crippen LogP contribution in [-0.4, -0.2) is 10.2 Å². The van der Waals surface area contributed by atoms with E-state index >= 15 is 0 Å². The van der Waals surface area contributed by atoms with Crippen molar-refractivity contribution < 1.29 is 0 Å². The van der Waals surface area contributed by atoms with Crippen molar-refractivity contribution in [3.05, 3.63) is 68.1 Å². The van der Waals surface area contributed by atoms with E-state index < -0.39 is 0 Å². The van der Waals surface area contributed by atoms with Crippen LogP contribution in [0.5, 0.6) is 0 Å². The van der Waals surface area contributed by atoms with Crippen molar-refractivity contribution in [2.75, 3.05) is 5.32 Å². The number of aryl methyl sites for hydroxylation is 1. The normalized spacial score (nSPS) is 10.2. The largest absolute Gasteiger partial charge is 0.381 e. The first-order valence-electron chi connectivity index (χ1n) is 7.71. The number of halogens is 2. The van der Waals surface area contributed by atoms with Gasteiger partial charge in [-0.15, -0.1) is 0 Å². The molecule has 3 aromatic rings. The molecule has 0 aliphatic carbocycles. The van der Waals surface area contributed by atoms with Gasteiger partial charge < -0.3 is 5.32 Å². The summed E-state index contributed by atoms with van der Waals surface area (Å²) in [7, 11) is 0. The number of H-pyrrole nitrogens is 1. The van der Waals surface area contributed by atoms with Crippen LogP contribution in [0.4, 0.5) is 5.69 Å². The lowest BCUT2D eigenvalue weighted by atomic mass is 10.1. The first kappa shape index (κ1) is 18.3. The SMILES string of the molecule is CC.Cc1ccc(CNc2ccc3c(=O)[nH]nc(Cl)c3c2)c(Cl)c1. The van der Waals surface area contributed by atoms with Gasteiger partial charge >= 0.3 is 0 Å². The number of rotatable bonds is 3. The van der Waals surface area contributed by atoms with E-state index in [0.717, 1.165) is 21.8 Å². The Morgan fingerprint density at radius 1 is 1.08 bits per heavy atom. The Labute approximate surface area is 150 Å². The van der Waals surface area contributed by atoms with Gasteiger partial charge in [0, 0.05) is 22.6 Å². The van der Waals surface area contributed by atoms with Gasteiger partial charge in [0.15, 0.2) is 5.15 Å². The second-order valence-electron chi connectivity index (χ2n) is 5.05. The standard InChI is InChI=1S/C16H13Cl2N3O.C2H6/c1-9-2-3-10(14(17)6-9)8-19-11-4-5-12-13(7-11)15(18)20-21-16(12)22;1-2/h2-7,19H,8H2,1H3,(H,21,22);1-2H3. The van der Waals surface area contributed by atoms with E-state index in [4.69, 9.17) is 23.2 Å². The van der Waals surface area contributed by atoms with Gasteiger partial charge in [-0.2, -0.15) is 5.10 Å². The number of nitrogens with zero attached hydrogens (tertiary/aromatic N) is 1. The third-order valence-electron chi connectivity index (χ3n) is 3.43. The van der Waals surface area contributed by atoms with E-state index in [1.54, 1.807) is 6.07 Å². The van der Waals surface area contributed by atoms with Crippen LogP contribution in [0.25, 0.3) is 10.8 Å². The van der Waals surface area contributed by atoms with Crippen molar-refractivity contribution in [3.63, 3.8) is 0 Å². The molecule has 0 unspecified atom stereocenters. The minimum absolute atomic E-state index is 0.257. The monoisotopic (exact) mass is 363 g/mol. The van der Waals surface area contributed by atoms with Crippen LogP contribution in [0, 0.1) is 6.92 Å². The van der Waals surface area contributed by atoms with Gasteiger partial charge in [-0.25, -0.2) is 5.10 Å². The zero-order chi connectivity index (χ0) is 17.7. The zero-order valence-electron chi connectivity index (χ0n) is 13.8. The fourth-order valence-corrected chi connectivity index (χ4v) is 2.74. The lowest BCUT2D eigenvalue weighted by Gasteiger charge is -2.10. The number of anilines is 1. The topological polar surface area (TPSA) is 57.8 Å². The van der Waals surface area contributed by atoms with E-state index in [2.05, 4.69) is 15.5 Å². The molecule has 1 heterocycles. The molecule has 3 rings (SSSR count). The minimum Gasteiger partial charge on any atom is -0.381 e. The van der Waals surface area contributed by atoms with Crippen molar-refractivity contribution >= 4 is 39.7 Å². The third kappa shape index (κ3) is 4.08. The Balaban J connectivity index is 0.00000100. The molecular formula is C18H19Cl2N3O. The quantitative estimate of drug-likeness (QED) is 0.674. The van der Waals surface area contributed by atoms with Crippen molar-refractivity contribution in [1.82, 2.24) is 10.2 Å². The van der Waals surface area contributed by atoms with Crippen LogP contribution in [0.1, 0.15) is 25.0 Å². The highest BCUT2D eigenvalue weighted by atomic mass is 35.5. The summed E-state index contributed by atoms with van der Waals surface area (Å²) in [6.45, 7) is 6.58. The minimum atomic E-state index is -0.257. The number of aromatic amines is 1.